The van der Waals surface area contributed by atoms with Gasteiger partial charge in [0.1, 0.15) is 0 Å². The highest BCUT2D eigenvalue weighted by atomic mass is 15.1. The molecule has 0 aromatic heterocycles. The van der Waals surface area contributed by atoms with Crippen LogP contribution in [0.1, 0.15) is 53.4 Å². The van der Waals surface area contributed by atoms with Crippen LogP contribution < -0.4 is 0 Å². The van der Waals surface area contributed by atoms with Crippen molar-refractivity contribution in [2.75, 3.05) is 19.6 Å². The summed E-state index contributed by atoms with van der Waals surface area (Å²) in [6.07, 6.45) is 7.91. The van der Waals surface area contributed by atoms with E-state index in [0.717, 1.165) is 11.8 Å². The van der Waals surface area contributed by atoms with Crippen LogP contribution in [0.4, 0.5) is 0 Å². The lowest BCUT2D eigenvalue weighted by Gasteiger charge is -2.28. The molecule has 0 bridgehead atoms. The molecule has 0 spiro atoms. The van der Waals surface area contributed by atoms with Crippen molar-refractivity contribution in [2.24, 2.45) is 11.8 Å². The largest absolute Gasteiger partial charge is 0.304 e. The first-order valence-corrected chi connectivity index (χ1v) is 7.05. The predicted molar refractivity (Wildman–Crippen MR) is 72.7 cm³/mol. The Morgan fingerprint density at radius 3 is 2.56 bits per heavy atom. The molecule has 1 nitrogen and oxygen atoms in total. The summed E-state index contributed by atoms with van der Waals surface area (Å²) in [5.74, 6) is 1.84. The van der Waals surface area contributed by atoms with E-state index in [-0.39, 0.29) is 0 Å². The molecule has 0 N–H and O–H groups in total. The fourth-order valence-corrected chi connectivity index (χ4v) is 2.66. The highest BCUT2D eigenvalue weighted by Gasteiger charge is 2.19. The summed E-state index contributed by atoms with van der Waals surface area (Å²) in [5, 5.41) is 0. The van der Waals surface area contributed by atoms with Gasteiger partial charge in [-0.1, -0.05) is 32.4 Å². The van der Waals surface area contributed by atoms with Crippen molar-refractivity contribution in [1.29, 1.82) is 0 Å². The Kier molecular flexibility index (Phi) is 6.12. The molecule has 16 heavy (non-hydrogen) atoms. The molecule has 0 saturated heterocycles. The summed E-state index contributed by atoms with van der Waals surface area (Å²) in [7, 11) is 0. The van der Waals surface area contributed by atoms with Crippen molar-refractivity contribution >= 4 is 0 Å². The molecule has 0 amide bonds. The van der Waals surface area contributed by atoms with Crippen LogP contribution in [0.3, 0.4) is 0 Å². The van der Waals surface area contributed by atoms with E-state index < -0.39 is 0 Å². The third-order valence-electron chi connectivity index (χ3n) is 4.28. The first-order chi connectivity index (χ1) is 7.67. The Morgan fingerprint density at radius 1 is 1.38 bits per heavy atom. The van der Waals surface area contributed by atoms with Crippen molar-refractivity contribution in [2.45, 2.75) is 53.4 Å². The number of allylic oxidation sites excluding steroid dienone is 2. The number of hydrogen-bond acceptors (Lipinski definition) is 1. The molecule has 1 heteroatoms. The normalized spacial score (nSPS) is 23.3. The molecular weight excluding hydrogens is 194 g/mol. The molecule has 0 saturated carbocycles. The molecule has 1 rings (SSSR count). The van der Waals surface area contributed by atoms with E-state index in [9.17, 15) is 0 Å². The maximum atomic E-state index is 2.54. The zero-order valence-electron chi connectivity index (χ0n) is 11.6. The van der Waals surface area contributed by atoms with Gasteiger partial charge in [-0.05, 0) is 64.1 Å². The van der Waals surface area contributed by atoms with Crippen molar-refractivity contribution in [3.63, 3.8) is 0 Å². The van der Waals surface area contributed by atoms with Gasteiger partial charge in [0.15, 0.2) is 0 Å². The summed E-state index contributed by atoms with van der Waals surface area (Å²) in [5.41, 5.74) is 1.60. The second-order valence-corrected chi connectivity index (χ2v) is 5.38. The van der Waals surface area contributed by atoms with Crippen LogP contribution >= 0.6 is 0 Å². The number of hydrogen-bond donors (Lipinski definition) is 0. The molecule has 0 aromatic carbocycles. The third-order valence-corrected chi connectivity index (χ3v) is 4.28. The van der Waals surface area contributed by atoms with Crippen molar-refractivity contribution in [3.8, 4) is 0 Å². The average molecular weight is 223 g/mol. The van der Waals surface area contributed by atoms with Crippen LogP contribution in [0.5, 0.6) is 0 Å². The minimum Gasteiger partial charge on any atom is -0.304 e. The molecule has 1 aliphatic rings. The van der Waals surface area contributed by atoms with Gasteiger partial charge in [-0.15, -0.1) is 0 Å². The number of rotatable bonds is 6. The molecule has 94 valence electrons. The Bertz CT molecular complexity index is 215. The van der Waals surface area contributed by atoms with Gasteiger partial charge in [0, 0.05) is 0 Å². The second-order valence-electron chi connectivity index (χ2n) is 5.38. The third kappa shape index (κ3) is 4.29. The van der Waals surface area contributed by atoms with Gasteiger partial charge < -0.3 is 4.90 Å². The summed E-state index contributed by atoms with van der Waals surface area (Å²) in [6, 6.07) is 0. The topological polar surface area (TPSA) is 3.24 Å². The number of nitrogens with zero attached hydrogens (tertiary/aromatic N) is 1. The Morgan fingerprint density at radius 2 is 2.06 bits per heavy atom. The summed E-state index contributed by atoms with van der Waals surface area (Å²) < 4.78 is 0. The van der Waals surface area contributed by atoms with E-state index in [4.69, 9.17) is 0 Å². The van der Waals surface area contributed by atoms with E-state index in [2.05, 4.69) is 38.7 Å². The van der Waals surface area contributed by atoms with Crippen molar-refractivity contribution < 1.29 is 0 Å². The van der Waals surface area contributed by atoms with Crippen LogP contribution in [0.15, 0.2) is 11.6 Å². The van der Waals surface area contributed by atoms with Gasteiger partial charge >= 0.3 is 0 Å². The first kappa shape index (κ1) is 13.8. The van der Waals surface area contributed by atoms with Crippen molar-refractivity contribution in [1.82, 2.24) is 4.90 Å². The van der Waals surface area contributed by atoms with E-state index >= 15 is 0 Å². The van der Waals surface area contributed by atoms with Crippen LogP contribution in [0.2, 0.25) is 0 Å². The molecule has 2 unspecified atom stereocenters. The molecule has 0 radical (unpaired) electrons. The van der Waals surface area contributed by atoms with Crippen LogP contribution in [-0.2, 0) is 0 Å². The maximum Gasteiger partial charge on any atom is -0.00163 e. The Balaban J connectivity index is 2.27. The quantitative estimate of drug-likeness (QED) is 0.613. The molecule has 0 heterocycles. The molecule has 0 fully saturated rings. The van der Waals surface area contributed by atoms with Gasteiger partial charge in [-0.25, -0.2) is 0 Å². The average Bonchev–Trinajstić information content (AvgIpc) is 2.31. The van der Waals surface area contributed by atoms with E-state index in [0.29, 0.717) is 0 Å². The van der Waals surface area contributed by atoms with E-state index in [1.54, 1.807) is 5.57 Å². The zero-order valence-corrected chi connectivity index (χ0v) is 11.6. The van der Waals surface area contributed by atoms with Gasteiger partial charge in [-0.2, -0.15) is 0 Å². The maximum absolute atomic E-state index is 2.54. The second kappa shape index (κ2) is 7.11. The monoisotopic (exact) mass is 223 g/mol. The minimum absolute atomic E-state index is 0.893. The van der Waals surface area contributed by atoms with Gasteiger partial charge in [0.2, 0.25) is 0 Å². The lowest BCUT2D eigenvalue weighted by molar-refractivity contribution is 0.239. The molecule has 2 atom stereocenters. The molecule has 0 aromatic rings. The van der Waals surface area contributed by atoms with Crippen LogP contribution in [0.25, 0.3) is 0 Å². The fourth-order valence-electron chi connectivity index (χ4n) is 2.66. The van der Waals surface area contributed by atoms with Gasteiger partial charge in [0.25, 0.3) is 0 Å². The lowest BCUT2D eigenvalue weighted by Crippen LogP contribution is -2.27. The van der Waals surface area contributed by atoms with Gasteiger partial charge in [0.05, 0.1) is 0 Å². The summed E-state index contributed by atoms with van der Waals surface area (Å²) in [6.45, 7) is 12.9. The standard InChI is InChI=1S/C15H29N/c1-5-16(6-2)12-11-14(4)15-9-7-13(3)8-10-15/h7,14-15H,5-6,8-12H2,1-4H3. The first-order valence-electron chi connectivity index (χ1n) is 7.05. The molecular formula is C15H29N. The lowest BCUT2D eigenvalue weighted by atomic mass is 9.80. The molecule has 0 aliphatic heterocycles. The molecule has 1 aliphatic carbocycles. The summed E-state index contributed by atoms with van der Waals surface area (Å²) >= 11 is 0. The minimum atomic E-state index is 0.893. The summed E-state index contributed by atoms with van der Waals surface area (Å²) in [4.78, 5) is 2.54. The predicted octanol–water partition coefficient (Wildman–Crippen LogP) is 4.10. The SMILES string of the molecule is CCN(CC)CCC(C)C1CC=C(C)CC1. The highest BCUT2D eigenvalue weighted by Crippen LogP contribution is 2.30. The highest BCUT2D eigenvalue weighted by molar-refractivity contribution is 5.03. The van der Waals surface area contributed by atoms with Gasteiger partial charge in [-0.3, -0.25) is 0 Å². The Labute approximate surface area is 102 Å². The zero-order chi connectivity index (χ0) is 12.0. The fraction of sp³-hybridized carbons (Fsp3) is 0.867. The van der Waals surface area contributed by atoms with Crippen LogP contribution in [-0.4, -0.2) is 24.5 Å². The van der Waals surface area contributed by atoms with E-state index in [1.165, 1.54) is 45.3 Å². The van der Waals surface area contributed by atoms with Crippen molar-refractivity contribution in [3.05, 3.63) is 11.6 Å². The van der Waals surface area contributed by atoms with E-state index in [1.807, 2.05) is 0 Å². The smallest absolute Gasteiger partial charge is 0.00163 e. The van der Waals surface area contributed by atoms with Crippen LogP contribution in [0, 0.1) is 11.8 Å². The Hall–Kier alpha value is -0.300.